The van der Waals surface area contributed by atoms with Crippen LogP contribution in [-0.2, 0) is 19.1 Å². The van der Waals surface area contributed by atoms with Crippen LogP contribution in [0.5, 0.6) is 0 Å². The topological polar surface area (TPSA) is 134 Å². The molecule has 0 saturated carbocycles. The molecule has 108 valence electrons. The van der Waals surface area contributed by atoms with Crippen molar-refractivity contribution in [1.82, 2.24) is 0 Å². The van der Waals surface area contributed by atoms with Crippen LogP contribution in [0.4, 0.5) is 0 Å². The quantitative estimate of drug-likeness (QED) is 0.389. The van der Waals surface area contributed by atoms with E-state index < -0.39 is 24.5 Å². The lowest BCUT2D eigenvalue weighted by molar-refractivity contribution is -0.156. The molecular formula is C10H20O8. The fraction of sp³-hybridized carbons (Fsp3) is 0.800. The monoisotopic (exact) mass is 268 g/mol. The Morgan fingerprint density at radius 1 is 1.11 bits per heavy atom. The van der Waals surface area contributed by atoms with Crippen molar-refractivity contribution in [3.05, 3.63) is 0 Å². The Bertz CT molecular complexity index is 214. The lowest BCUT2D eigenvalue weighted by Gasteiger charge is -2.08. The van der Waals surface area contributed by atoms with Crippen LogP contribution in [0.1, 0.15) is 13.3 Å². The van der Waals surface area contributed by atoms with Gasteiger partial charge in [0.2, 0.25) is 0 Å². The number of carboxylic acid groups (broad SMARTS) is 2. The standard InChI is InChI=1S/C6H10O5.C4H10O3/c1-2-11-4(6(9)10)3-5(7)8;5-1-3-7-4-2-6/h4H,2-3H2,1H3,(H,7,8)(H,9,10);5-6H,1-4H2. The zero-order valence-electron chi connectivity index (χ0n) is 10.2. The number of aliphatic carboxylic acids is 2. The van der Waals surface area contributed by atoms with Crippen LogP contribution in [0, 0.1) is 0 Å². The van der Waals surface area contributed by atoms with Crippen LogP contribution in [0.2, 0.25) is 0 Å². The lowest BCUT2D eigenvalue weighted by Crippen LogP contribution is -2.26. The van der Waals surface area contributed by atoms with E-state index in [1.807, 2.05) is 0 Å². The summed E-state index contributed by atoms with van der Waals surface area (Å²) in [5, 5.41) is 32.8. The highest BCUT2D eigenvalue weighted by Gasteiger charge is 2.20. The molecule has 0 saturated heterocycles. The molecule has 1 atom stereocenters. The van der Waals surface area contributed by atoms with Gasteiger partial charge in [0.25, 0.3) is 0 Å². The highest BCUT2D eigenvalue weighted by Crippen LogP contribution is 1.98. The van der Waals surface area contributed by atoms with Crippen molar-refractivity contribution in [3.63, 3.8) is 0 Å². The average Bonchev–Trinajstić information content (AvgIpc) is 2.29. The van der Waals surface area contributed by atoms with Crippen LogP contribution in [0.25, 0.3) is 0 Å². The summed E-state index contributed by atoms with van der Waals surface area (Å²) in [6.45, 7) is 2.50. The molecule has 0 aliphatic carbocycles. The highest BCUT2D eigenvalue weighted by molar-refractivity contribution is 5.79. The van der Waals surface area contributed by atoms with Crippen molar-refractivity contribution < 1.29 is 39.5 Å². The summed E-state index contributed by atoms with van der Waals surface area (Å²) < 4.78 is 9.27. The maximum Gasteiger partial charge on any atom is 0.333 e. The van der Waals surface area contributed by atoms with Gasteiger partial charge < -0.3 is 29.9 Å². The summed E-state index contributed by atoms with van der Waals surface area (Å²) in [6.07, 6.45) is -1.72. The van der Waals surface area contributed by atoms with Crippen LogP contribution in [0.15, 0.2) is 0 Å². The number of hydrogen-bond acceptors (Lipinski definition) is 6. The van der Waals surface area contributed by atoms with Gasteiger partial charge in [-0.3, -0.25) is 4.79 Å². The number of carbonyl (C=O) groups is 2. The molecule has 0 bridgehead atoms. The SMILES string of the molecule is CCOC(CC(=O)O)C(=O)O.OCCOCCO. The van der Waals surface area contributed by atoms with E-state index in [0.29, 0.717) is 13.2 Å². The van der Waals surface area contributed by atoms with Crippen molar-refractivity contribution >= 4 is 11.9 Å². The van der Waals surface area contributed by atoms with Crippen molar-refractivity contribution in [2.45, 2.75) is 19.4 Å². The molecule has 0 aromatic carbocycles. The number of aliphatic hydroxyl groups is 2. The van der Waals surface area contributed by atoms with Crippen molar-refractivity contribution in [2.24, 2.45) is 0 Å². The second-order valence-electron chi connectivity index (χ2n) is 2.94. The van der Waals surface area contributed by atoms with E-state index in [2.05, 4.69) is 9.47 Å². The van der Waals surface area contributed by atoms with Crippen LogP contribution in [0.3, 0.4) is 0 Å². The van der Waals surface area contributed by atoms with Gasteiger partial charge in [-0.15, -0.1) is 0 Å². The zero-order valence-corrected chi connectivity index (χ0v) is 10.2. The third kappa shape index (κ3) is 14.8. The van der Waals surface area contributed by atoms with Gasteiger partial charge in [-0.2, -0.15) is 0 Å². The number of rotatable bonds is 9. The Morgan fingerprint density at radius 2 is 1.61 bits per heavy atom. The van der Waals surface area contributed by atoms with Gasteiger partial charge >= 0.3 is 11.9 Å². The van der Waals surface area contributed by atoms with E-state index in [-0.39, 0.29) is 19.8 Å². The highest BCUT2D eigenvalue weighted by atomic mass is 16.5. The zero-order chi connectivity index (χ0) is 14.4. The number of aliphatic hydroxyl groups excluding tert-OH is 2. The molecule has 0 fully saturated rings. The van der Waals surface area contributed by atoms with Gasteiger partial charge in [-0.25, -0.2) is 4.79 Å². The first-order chi connectivity index (χ1) is 8.49. The van der Waals surface area contributed by atoms with Gasteiger partial charge in [0.05, 0.1) is 32.8 Å². The summed E-state index contributed by atoms with van der Waals surface area (Å²) in [5.74, 6) is -2.42. The number of carboxylic acids is 2. The minimum Gasteiger partial charge on any atom is -0.481 e. The summed E-state index contributed by atoms with van der Waals surface area (Å²) >= 11 is 0. The van der Waals surface area contributed by atoms with E-state index in [9.17, 15) is 9.59 Å². The fourth-order valence-electron chi connectivity index (χ4n) is 0.808. The summed E-state index contributed by atoms with van der Waals surface area (Å²) in [4.78, 5) is 20.3. The minimum absolute atomic E-state index is 0.0278. The summed E-state index contributed by atoms with van der Waals surface area (Å²) in [6, 6.07) is 0. The van der Waals surface area contributed by atoms with Crippen molar-refractivity contribution in [2.75, 3.05) is 33.0 Å². The summed E-state index contributed by atoms with van der Waals surface area (Å²) in [5.41, 5.74) is 0. The Labute approximate surface area is 105 Å². The molecule has 0 aromatic rings. The van der Waals surface area contributed by atoms with E-state index >= 15 is 0 Å². The molecule has 0 rings (SSSR count). The molecule has 18 heavy (non-hydrogen) atoms. The summed E-state index contributed by atoms with van der Waals surface area (Å²) in [7, 11) is 0. The molecule has 8 heteroatoms. The van der Waals surface area contributed by atoms with Gasteiger partial charge in [-0.05, 0) is 6.92 Å². The van der Waals surface area contributed by atoms with Gasteiger partial charge in [0.15, 0.2) is 6.10 Å². The third-order valence-corrected chi connectivity index (χ3v) is 1.47. The van der Waals surface area contributed by atoms with Gasteiger partial charge in [0.1, 0.15) is 0 Å². The Kier molecular flexibility index (Phi) is 14.7. The first-order valence-electron chi connectivity index (χ1n) is 5.35. The van der Waals surface area contributed by atoms with E-state index in [1.165, 1.54) is 0 Å². The Hall–Kier alpha value is -1.22. The molecule has 4 N–H and O–H groups in total. The normalized spacial score (nSPS) is 11.3. The lowest BCUT2D eigenvalue weighted by atomic mass is 10.2. The maximum absolute atomic E-state index is 10.2. The first kappa shape index (κ1) is 19.1. The fourth-order valence-corrected chi connectivity index (χ4v) is 0.808. The molecule has 0 spiro atoms. The smallest absolute Gasteiger partial charge is 0.333 e. The van der Waals surface area contributed by atoms with E-state index in [1.54, 1.807) is 6.92 Å². The average molecular weight is 268 g/mol. The van der Waals surface area contributed by atoms with E-state index in [0.717, 1.165) is 0 Å². The first-order valence-corrected chi connectivity index (χ1v) is 5.35. The van der Waals surface area contributed by atoms with Crippen molar-refractivity contribution in [1.29, 1.82) is 0 Å². The van der Waals surface area contributed by atoms with Gasteiger partial charge in [-0.1, -0.05) is 0 Å². The molecular weight excluding hydrogens is 248 g/mol. The molecule has 0 radical (unpaired) electrons. The second-order valence-corrected chi connectivity index (χ2v) is 2.94. The predicted octanol–water partition coefficient (Wildman–Crippen LogP) is -1.06. The molecule has 8 nitrogen and oxygen atoms in total. The molecule has 0 aromatic heterocycles. The largest absolute Gasteiger partial charge is 0.481 e. The molecule has 0 amide bonds. The van der Waals surface area contributed by atoms with E-state index in [4.69, 9.17) is 20.4 Å². The Balaban J connectivity index is 0. The van der Waals surface area contributed by atoms with Crippen LogP contribution >= 0.6 is 0 Å². The number of ether oxygens (including phenoxy) is 2. The second kappa shape index (κ2) is 13.8. The molecule has 1 unspecified atom stereocenters. The third-order valence-electron chi connectivity index (χ3n) is 1.47. The van der Waals surface area contributed by atoms with Crippen molar-refractivity contribution in [3.8, 4) is 0 Å². The Morgan fingerprint density at radius 3 is 1.89 bits per heavy atom. The molecule has 0 aliphatic heterocycles. The predicted molar refractivity (Wildman–Crippen MR) is 60.3 cm³/mol. The van der Waals surface area contributed by atoms with Gasteiger partial charge in [0, 0.05) is 6.61 Å². The van der Waals surface area contributed by atoms with Crippen LogP contribution < -0.4 is 0 Å². The number of hydrogen-bond donors (Lipinski definition) is 4. The maximum atomic E-state index is 10.2. The minimum atomic E-state index is -1.24. The van der Waals surface area contributed by atoms with Crippen LogP contribution in [-0.4, -0.2) is 71.5 Å². The molecule has 0 aliphatic rings. The molecule has 0 heterocycles.